The van der Waals surface area contributed by atoms with Gasteiger partial charge in [0.05, 0.1) is 24.9 Å². The minimum atomic E-state index is -0.459. The Morgan fingerprint density at radius 1 is 0.889 bits per heavy atom. The van der Waals surface area contributed by atoms with Crippen molar-refractivity contribution >= 4 is 5.71 Å². The van der Waals surface area contributed by atoms with Crippen LogP contribution in [0, 0.1) is 0 Å². The molecule has 5 atom stereocenters. The molecule has 2 heterocycles. The standard InChI is InChI=1S/C7H13NO3.C7H14O3.3C2H6/c1-5-7(8-9)6(10-2)3-4-11-5;1-5-7(8)6(9-2)3-4-10-5;3*1-2/h5-6,9H,3-4H2,1-2H3;5-8H,3-4H2,1-2H3;3*1-2H3/b8-7+;;;;/t;5-,6?,7-;;;/m.0.../s1. The van der Waals surface area contributed by atoms with Gasteiger partial charge in [-0.2, -0.15) is 0 Å². The van der Waals surface area contributed by atoms with Crippen LogP contribution < -0.4 is 0 Å². The molecule has 2 aliphatic rings. The summed E-state index contributed by atoms with van der Waals surface area (Å²) in [5.41, 5.74) is 0.582. The number of nitrogens with zero attached hydrogens (tertiary/aromatic N) is 1. The number of aliphatic hydroxyl groups excluding tert-OH is 1. The fraction of sp³-hybridized carbons (Fsp3) is 0.950. The Balaban J connectivity index is -0.000000335. The van der Waals surface area contributed by atoms with Gasteiger partial charge in [-0.15, -0.1) is 0 Å². The Bertz CT molecular complexity index is 328. The zero-order valence-corrected chi connectivity index (χ0v) is 19.2. The molecule has 0 radical (unpaired) electrons. The highest BCUT2D eigenvalue weighted by Gasteiger charge is 2.29. The molecule has 0 spiro atoms. The SMILES string of the molecule is CC.CC.CC.COC1CCOC(C)/C1=N\O.COC1CCO[C@@H](C)[C@@H]1O. The highest BCUT2D eigenvalue weighted by molar-refractivity contribution is 5.92. The van der Waals surface area contributed by atoms with Gasteiger partial charge in [0, 0.05) is 27.2 Å². The molecule has 166 valence electrons. The third-order valence-corrected chi connectivity index (χ3v) is 3.84. The molecule has 0 aliphatic carbocycles. The average molecular weight is 396 g/mol. The summed E-state index contributed by atoms with van der Waals surface area (Å²) in [5, 5.41) is 21.1. The second kappa shape index (κ2) is 21.6. The second-order valence-corrected chi connectivity index (χ2v) is 5.18. The molecule has 0 aromatic carbocycles. The minimum Gasteiger partial charge on any atom is -0.411 e. The molecule has 2 saturated heterocycles. The van der Waals surface area contributed by atoms with Gasteiger partial charge in [-0.1, -0.05) is 46.7 Å². The zero-order chi connectivity index (χ0) is 21.8. The maximum Gasteiger partial charge on any atom is 0.114 e. The summed E-state index contributed by atoms with van der Waals surface area (Å²) in [5.74, 6) is 0. The first kappa shape index (κ1) is 31.0. The fourth-order valence-electron chi connectivity index (χ4n) is 2.43. The number of hydrogen-bond acceptors (Lipinski definition) is 7. The van der Waals surface area contributed by atoms with Crippen molar-refractivity contribution in [2.45, 2.75) is 98.8 Å². The van der Waals surface area contributed by atoms with Crippen LogP contribution in [0.4, 0.5) is 0 Å². The quantitative estimate of drug-likeness (QED) is 0.544. The molecule has 0 bridgehead atoms. The number of methoxy groups -OCH3 is 2. The maximum absolute atomic E-state index is 9.39. The molecule has 27 heavy (non-hydrogen) atoms. The van der Waals surface area contributed by atoms with Crippen molar-refractivity contribution in [1.29, 1.82) is 0 Å². The second-order valence-electron chi connectivity index (χ2n) is 5.18. The average Bonchev–Trinajstić information content (AvgIpc) is 2.74. The van der Waals surface area contributed by atoms with Gasteiger partial charge in [-0.3, -0.25) is 0 Å². The zero-order valence-electron chi connectivity index (χ0n) is 19.2. The first-order chi connectivity index (χ1) is 13.0. The largest absolute Gasteiger partial charge is 0.411 e. The van der Waals surface area contributed by atoms with E-state index in [1.165, 1.54) is 0 Å². The third kappa shape index (κ3) is 12.4. The van der Waals surface area contributed by atoms with E-state index in [2.05, 4.69) is 5.16 Å². The Labute approximate surface area is 167 Å². The lowest BCUT2D eigenvalue weighted by atomic mass is 10.0. The van der Waals surface area contributed by atoms with Crippen LogP contribution >= 0.6 is 0 Å². The molecular formula is C20H45NO6. The first-order valence-corrected chi connectivity index (χ1v) is 10.2. The van der Waals surface area contributed by atoms with Crippen molar-refractivity contribution < 1.29 is 29.3 Å². The molecule has 7 nitrogen and oxygen atoms in total. The summed E-state index contributed by atoms with van der Waals surface area (Å²) in [6.45, 7) is 17.1. The van der Waals surface area contributed by atoms with Crippen LogP contribution in [-0.2, 0) is 18.9 Å². The molecule has 2 rings (SSSR count). The van der Waals surface area contributed by atoms with Crippen LogP contribution in [0.25, 0.3) is 0 Å². The van der Waals surface area contributed by atoms with Crippen molar-refractivity contribution in [2.75, 3.05) is 27.4 Å². The van der Waals surface area contributed by atoms with E-state index in [0.29, 0.717) is 18.9 Å². The van der Waals surface area contributed by atoms with Crippen LogP contribution in [0.5, 0.6) is 0 Å². The molecular weight excluding hydrogens is 350 g/mol. The van der Waals surface area contributed by atoms with Crippen molar-refractivity contribution in [3.63, 3.8) is 0 Å². The molecule has 0 saturated carbocycles. The van der Waals surface area contributed by atoms with E-state index in [9.17, 15) is 5.11 Å². The van der Waals surface area contributed by atoms with Crippen LogP contribution in [-0.4, -0.2) is 74.0 Å². The van der Waals surface area contributed by atoms with Gasteiger partial charge < -0.3 is 29.3 Å². The van der Waals surface area contributed by atoms with Crippen molar-refractivity contribution in [3.8, 4) is 0 Å². The summed E-state index contributed by atoms with van der Waals surface area (Å²) in [4.78, 5) is 0. The van der Waals surface area contributed by atoms with Crippen LogP contribution in [0.15, 0.2) is 5.16 Å². The third-order valence-electron chi connectivity index (χ3n) is 3.84. The number of aliphatic hydroxyl groups is 1. The van der Waals surface area contributed by atoms with E-state index in [-0.39, 0.29) is 24.4 Å². The highest BCUT2D eigenvalue weighted by atomic mass is 16.5. The number of rotatable bonds is 2. The van der Waals surface area contributed by atoms with E-state index in [1.54, 1.807) is 14.2 Å². The lowest BCUT2D eigenvalue weighted by Crippen LogP contribution is -2.43. The molecule has 2 fully saturated rings. The van der Waals surface area contributed by atoms with E-state index in [1.807, 2.05) is 55.4 Å². The predicted octanol–water partition coefficient (Wildman–Crippen LogP) is 3.89. The minimum absolute atomic E-state index is 0.0382. The lowest BCUT2D eigenvalue weighted by Gasteiger charge is -2.31. The topological polar surface area (TPSA) is 89.7 Å². The van der Waals surface area contributed by atoms with E-state index < -0.39 is 6.10 Å². The summed E-state index contributed by atoms with van der Waals surface area (Å²) < 4.78 is 20.6. The summed E-state index contributed by atoms with van der Waals surface area (Å²) >= 11 is 0. The normalized spacial score (nSPS) is 30.8. The Hall–Kier alpha value is -0.730. The molecule has 7 heteroatoms. The van der Waals surface area contributed by atoms with Crippen molar-refractivity contribution in [3.05, 3.63) is 0 Å². The van der Waals surface area contributed by atoms with E-state index in [4.69, 9.17) is 24.2 Å². The molecule has 0 aromatic rings. The van der Waals surface area contributed by atoms with Gasteiger partial charge in [-0.05, 0) is 20.3 Å². The number of oxime groups is 1. The first-order valence-electron chi connectivity index (χ1n) is 10.2. The van der Waals surface area contributed by atoms with Crippen molar-refractivity contribution in [2.24, 2.45) is 5.16 Å². The van der Waals surface area contributed by atoms with Gasteiger partial charge in [0.25, 0.3) is 0 Å². The van der Waals surface area contributed by atoms with Gasteiger partial charge in [0.15, 0.2) is 0 Å². The summed E-state index contributed by atoms with van der Waals surface area (Å²) in [6.07, 6.45) is 0.769. The predicted molar refractivity (Wildman–Crippen MR) is 111 cm³/mol. The Kier molecular flexibility index (Phi) is 24.7. The fourth-order valence-corrected chi connectivity index (χ4v) is 2.43. The summed E-state index contributed by atoms with van der Waals surface area (Å²) in [7, 11) is 3.22. The Morgan fingerprint density at radius 3 is 1.78 bits per heavy atom. The highest BCUT2D eigenvalue weighted by Crippen LogP contribution is 2.16. The maximum atomic E-state index is 9.39. The summed E-state index contributed by atoms with van der Waals surface area (Å²) in [6, 6.07) is 0. The van der Waals surface area contributed by atoms with E-state index >= 15 is 0 Å². The number of ether oxygens (including phenoxy) is 4. The molecule has 2 aliphatic heterocycles. The van der Waals surface area contributed by atoms with Crippen LogP contribution in [0.3, 0.4) is 0 Å². The van der Waals surface area contributed by atoms with E-state index in [0.717, 1.165) is 12.8 Å². The Morgan fingerprint density at radius 2 is 1.41 bits per heavy atom. The number of hydrogen-bond donors (Lipinski definition) is 2. The smallest absolute Gasteiger partial charge is 0.114 e. The molecule has 2 N–H and O–H groups in total. The monoisotopic (exact) mass is 395 g/mol. The van der Waals surface area contributed by atoms with Gasteiger partial charge in [-0.25, -0.2) is 0 Å². The van der Waals surface area contributed by atoms with Crippen LogP contribution in [0.1, 0.15) is 68.2 Å². The van der Waals surface area contributed by atoms with Gasteiger partial charge in [0.1, 0.15) is 17.9 Å². The van der Waals surface area contributed by atoms with Crippen LogP contribution in [0.2, 0.25) is 0 Å². The molecule has 0 amide bonds. The van der Waals surface area contributed by atoms with Gasteiger partial charge in [0.2, 0.25) is 0 Å². The lowest BCUT2D eigenvalue weighted by molar-refractivity contribution is -0.138. The van der Waals surface area contributed by atoms with Gasteiger partial charge >= 0.3 is 0 Å². The molecule has 0 aromatic heterocycles. The molecule has 3 unspecified atom stereocenters. The van der Waals surface area contributed by atoms with Crippen molar-refractivity contribution in [1.82, 2.24) is 0 Å².